The minimum atomic E-state index is -0.198. The Bertz CT molecular complexity index is 493. The molecule has 1 aromatic heterocycles. The normalized spacial score (nSPS) is 10.4. The van der Waals surface area contributed by atoms with Crippen molar-refractivity contribution in [1.29, 1.82) is 0 Å². The van der Waals surface area contributed by atoms with Gasteiger partial charge in [0, 0.05) is 11.4 Å². The van der Waals surface area contributed by atoms with Crippen LogP contribution in [0.4, 0.5) is 6.01 Å². The third-order valence-corrected chi connectivity index (χ3v) is 2.13. The molecular formula is C9H7BrN2O2. The fourth-order valence-corrected chi connectivity index (χ4v) is 1.44. The van der Waals surface area contributed by atoms with E-state index in [1.807, 2.05) is 12.1 Å². The van der Waals surface area contributed by atoms with Crippen LogP contribution in [0.25, 0.3) is 11.1 Å². The lowest BCUT2D eigenvalue weighted by molar-refractivity contribution is -0.114. The Morgan fingerprint density at radius 2 is 2.36 bits per heavy atom. The molecule has 2 aromatic rings. The first kappa shape index (κ1) is 9.21. The Kier molecular flexibility index (Phi) is 2.25. The van der Waals surface area contributed by atoms with Gasteiger partial charge in [-0.1, -0.05) is 15.9 Å². The van der Waals surface area contributed by atoms with Gasteiger partial charge in [-0.3, -0.25) is 10.1 Å². The average molecular weight is 255 g/mol. The van der Waals surface area contributed by atoms with Gasteiger partial charge in [0.1, 0.15) is 5.52 Å². The Labute approximate surface area is 88.4 Å². The molecule has 0 saturated carbocycles. The lowest BCUT2D eigenvalue weighted by atomic mass is 10.3. The maximum atomic E-state index is 10.7. The zero-order valence-electron chi connectivity index (χ0n) is 7.37. The number of anilines is 1. The van der Waals surface area contributed by atoms with Crippen molar-refractivity contribution in [1.82, 2.24) is 4.98 Å². The third kappa shape index (κ3) is 1.77. The van der Waals surface area contributed by atoms with Crippen molar-refractivity contribution in [2.75, 3.05) is 5.32 Å². The Hall–Kier alpha value is -1.36. The Morgan fingerprint density at radius 1 is 1.57 bits per heavy atom. The molecule has 1 N–H and O–H groups in total. The van der Waals surface area contributed by atoms with Crippen LogP contribution >= 0.6 is 15.9 Å². The van der Waals surface area contributed by atoms with Crippen LogP contribution in [-0.4, -0.2) is 10.9 Å². The molecule has 0 bridgehead atoms. The SMILES string of the molecule is CC(=O)Nc1nc2ccc(Br)cc2o1. The summed E-state index contributed by atoms with van der Waals surface area (Å²) >= 11 is 3.32. The second-order valence-corrected chi connectivity index (χ2v) is 3.73. The van der Waals surface area contributed by atoms with Crippen molar-refractivity contribution in [3.8, 4) is 0 Å². The van der Waals surface area contributed by atoms with Gasteiger partial charge in [0.2, 0.25) is 5.91 Å². The predicted octanol–water partition coefficient (Wildman–Crippen LogP) is 2.55. The van der Waals surface area contributed by atoms with Gasteiger partial charge >= 0.3 is 6.01 Å². The zero-order valence-corrected chi connectivity index (χ0v) is 8.96. The van der Waals surface area contributed by atoms with E-state index in [9.17, 15) is 4.79 Å². The smallest absolute Gasteiger partial charge is 0.302 e. The number of hydrogen-bond donors (Lipinski definition) is 1. The summed E-state index contributed by atoms with van der Waals surface area (Å²) in [5.41, 5.74) is 1.36. The molecule has 0 aliphatic carbocycles. The fraction of sp³-hybridized carbons (Fsp3) is 0.111. The zero-order chi connectivity index (χ0) is 10.1. The van der Waals surface area contributed by atoms with Crippen LogP contribution < -0.4 is 5.32 Å². The van der Waals surface area contributed by atoms with Crippen LogP contribution in [0.3, 0.4) is 0 Å². The van der Waals surface area contributed by atoms with Crippen LogP contribution in [0.5, 0.6) is 0 Å². The lowest BCUT2D eigenvalue weighted by Crippen LogP contribution is -2.05. The van der Waals surface area contributed by atoms with Crippen LogP contribution in [0.1, 0.15) is 6.92 Å². The third-order valence-electron chi connectivity index (χ3n) is 1.63. The summed E-state index contributed by atoms with van der Waals surface area (Å²) in [6.07, 6.45) is 0. The van der Waals surface area contributed by atoms with E-state index in [2.05, 4.69) is 26.2 Å². The summed E-state index contributed by atoms with van der Waals surface area (Å²) in [7, 11) is 0. The number of hydrogen-bond acceptors (Lipinski definition) is 3. The average Bonchev–Trinajstić information content (AvgIpc) is 2.44. The number of oxazole rings is 1. The van der Waals surface area contributed by atoms with E-state index in [4.69, 9.17) is 4.42 Å². The number of aromatic nitrogens is 1. The summed E-state index contributed by atoms with van der Waals surface area (Å²) in [4.78, 5) is 14.8. The molecular weight excluding hydrogens is 248 g/mol. The van der Waals surface area contributed by atoms with Gasteiger partial charge < -0.3 is 4.42 Å². The highest BCUT2D eigenvalue weighted by molar-refractivity contribution is 9.10. The molecule has 2 rings (SSSR count). The van der Waals surface area contributed by atoms with Crippen LogP contribution in [-0.2, 0) is 4.79 Å². The first-order chi connectivity index (χ1) is 6.65. The van der Waals surface area contributed by atoms with Gasteiger partial charge in [-0.2, -0.15) is 4.98 Å². The fourth-order valence-electron chi connectivity index (χ4n) is 1.10. The van der Waals surface area contributed by atoms with Crippen molar-refractivity contribution in [3.63, 3.8) is 0 Å². The number of halogens is 1. The van der Waals surface area contributed by atoms with Gasteiger partial charge in [-0.15, -0.1) is 0 Å². The topological polar surface area (TPSA) is 55.1 Å². The first-order valence-corrected chi connectivity index (χ1v) is 4.78. The number of carbonyl (C=O) groups is 1. The Balaban J connectivity index is 2.46. The largest absolute Gasteiger partial charge is 0.423 e. The highest BCUT2D eigenvalue weighted by atomic mass is 79.9. The van der Waals surface area contributed by atoms with Gasteiger partial charge in [-0.25, -0.2) is 0 Å². The minimum Gasteiger partial charge on any atom is -0.423 e. The molecule has 0 atom stereocenters. The summed E-state index contributed by atoms with van der Waals surface area (Å²) in [6, 6.07) is 5.70. The van der Waals surface area contributed by atoms with Crippen LogP contribution in [0, 0.1) is 0 Å². The van der Waals surface area contributed by atoms with E-state index >= 15 is 0 Å². The lowest BCUT2D eigenvalue weighted by Gasteiger charge is -1.90. The summed E-state index contributed by atoms with van der Waals surface area (Å²) < 4.78 is 6.20. The van der Waals surface area contributed by atoms with Gasteiger partial charge in [0.15, 0.2) is 5.58 Å². The maximum absolute atomic E-state index is 10.7. The second kappa shape index (κ2) is 3.42. The van der Waals surface area contributed by atoms with E-state index < -0.39 is 0 Å². The molecule has 72 valence electrons. The number of fused-ring (bicyclic) bond motifs is 1. The summed E-state index contributed by atoms with van der Waals surface area (Å²) in [5.74, 6) is -0.198. The molecule has 0 aliphatic heterocycles. The molecule has 1 heterocycles. The molecule has 14 heavy (non-hydrogen) atoms. The summed E-state index contributed by atoms with van der Waals surface area (Å²) in [6.45, 7) is 1.41. The van der Waals surface area contributed by atoms with Crippen molar-refractivity contribution in [2.24, 2.45) is 0 Å². The Morgan fingerprint density at radius 3 is 3.07 bits per heavy atom. The van der Waals surface area contributed by atoms with Crippen molar-refractivity contribution in [3.05, 3.63) is 22.7 Å². The highest BCUT2D eigenvalue weighted by Gasteiger charge is 2.06. The van der Waals surface area contributed by atoms with Crippen LogP contribution in [0.2, 0.25) is 0 Å². The van der Waals surface area contributed by atoms with E-state index in [0.717, 1.165) is 9.99 Å². The molecule has 5 heteroatoms. The van der Waals surface area contributed by atoms with E-state index in [0.29, 0.717) is 5.58 Å². The molecule has 0 fully saturated rings. The maximum Gasteiger partial charge on any atom is 0.302 e. The van der Waals surface area contributed by atoms with E-state index in [1.54, 1.807) is 6.07 Å². The van der Waals surface area contributed by atoms with Gasteiger partial charge in [-0.05, 0) is 18.2 Å². The molecule has 0 saturated heterocycles. The summed E-state index contributed by atoms with van der Waals surface area (Å²) in [5, 5.41) is 2.48. The first-order valence-electron chi connectivity index (χ1n) is 3.99. The number of benzene rings is 1. The standard InChI is InChI=1S/C9H7BrN2O2/c1-5(13)11-9-12-7-3-2-6(10)4-8(7)14-9/h2-4H,1H3,(H,11,12,13). The van der Waals surface area contributed by atoms with Gasteiger partial charge in [0.25, 0.3) is 0 Å². The number of carbonyl (C=O) groups excluding carboxylic acids is 1. The quantitative estimate of drug-likeness (QED) is 0.851. The van der Waals surface area contributed by atoms with E-state index in [-0.39, 0.29) is 11.9 Å². The number of amides is 1. The second-order valence-electron chi connectivity index (χ2n) is 2.81. The molecule has 0 aliphatic rings. The molecule has 0 spiro atoms. The van der Waals surface area contributed by atoms with Crippen LogP contribution in [0.15, 0.2) is 27.1 Å². The molecule has 1 aromatic carbocycles. The van der Waals surface area contributed by atoms with Crippen molar-refractivity contribution in [2.45, 2.75) is 6.92 Å². The van der Waals surface area contributed by atoms with Crippen molar-refractivity contribution < 1.29 is 9.21 Å². The molecule has 0 radical (unpaired) electrons. The highest BCUT2D eigenvalue weighted by Crippen LogP contribution is 2.22. The molecule has 0 unspecified atom stereocenters. The minimum absolute atomic E-state index is 0.198. The van der Waals surface area contributed by atoms with Gasteiger partial charge in [0.05, 0.1) is 0 Å². The number of rotatable bonds is 1. The van der Waals surface area contributed by atoms with Crippen molar-refractivity contribution >= 4 is 39.0 Å². The monoisotopic (exact) mass is 254 g/mol. The predicted molar refractivity (Wildman–Crippen MR) is 56.0 cm³/mol. The molecule has 4 nitrogen and oxygen atoms in total. The van der Waals surface area contributed by atoms with E-state index in [1.165, 1.54) is 6.92 Å². The number of nitrogens with zero attached hydrogens (tertiary/aromatic N) is 1. The number of nitrogens with one attached hydrogen (secondary N) is 1. The molecule has 1 amide bonds.